The number of hydrogen-bond acceptors (Lipinski definition) is 7. The molecule has 11 heteroatoms. The Kier molecular flexibility index (Phi) is 7.93. The molecule has 0 aliphatic carbocycles. The normalized spacial score (nSPS) is 11.9. The average Bonchev–Trinajstić information content (AvgIpc) is 3.14. The molecule has 1 unspecified atom stereocenters. The van der Waals surface area contributed by atoms with Gasteiger partial charge < -0.3 is 14.6 Å². The maximum atomic E-state index is 12.3. The van der Waals surface area contributed by atoms with E-state index in [0.717, 1.165) is 5.75 Å². The van der Waals surface area contributed by atoms with Crippen LogP contribution in [0.5, 0.6) is 5.75 Å². The molecule has 33 heavy (non-hydrogen) atoms. The number of nitrogens with one attached hydrogen (secondary N) is 1. The Labute approximate surface area is 200 Å². The summed E-state index contributed by atoms with van der Waals surface area (Å²) in [4.78, 5) is 22.7. The quantitative estimate of drug-likeness (QED) is 0.244. The lowest BCUT2D eigenvalue weighted by Gasteiger charge is -2.15. The highest BCUT2D eigenvalue weighted by Gasteiger charge is 2.19. The summed E-state index contributed by atoms with van der Waals surface area (Å²) in [7, 11) is 1.81. The standard InChI is InChI=1S/C22H24ClN5O4S/c1-13(2)15-5-8-17(9-6-15)32-14(3)21-25-26-22(27(21)4)33-12-20(29)24-16-7-10-18(23)19(11-16)28(30)31/h5-11,13-14H,12H2,1-4H3,(H,24,29). The van der Waals surface area contributed by atoms with E-state index >= 15 is 0 Å². The number of aromatic nitrogens is 3. The van der Waals surface area contributed by atoms with E-state index in [1.165, 1.54) is 35.5 Å². The first kappa shape index (κ1) is 24.5. The Balaban J connectivity index is 1.58. The van der Waals surface area contributed by atoms with Crippen LogP contribution in [0, 0.1) is 10.1 Å². The van der Waals surface area contributed by atoms with Gasteiger partial charge in [-0.1, -0.05) is 49.3 Å². The summed E-state index contributed by atoms with van der Waals surface area (Å²) in [5, 5.41) is 22.5. The van der Waals surface area contributed by atoms with Crippen molar-refractivity contribution < 1.29 is 14.5 Å². The highest BCUT2D eigenvalue weighted by Crippen LogP contribution is 2.28. The molecule has 0 aliphatic rings. The first-order chi connectivity index (χ1) is 15.7. The predicted octanol–water partition coefficient (Wildman–Crippen LogP) is 5.37. The Hall–Kier alpha value is -3.11. The number of anilines is 1. The molecule has 0 spiro atoms. The third-order valence-electron chi connectivity index (χ3n) is 4.85. The minimum absolute atomic E-state index is 0.00573. The molecule has 0 saturated carbocycles. The summed E-state index contributed by atoms with van der Waals surface area (Å²) in [5.41, 5.74) is 1.26. The summed E-state index contributed by atoms with van der Waals surface area (Å²) in [6.45, 7) is 6.16. The fraction of sp³-hybridized carbons (Fsp3) is 0.318. The monoisotopic (exact) mass is 489 g/mol. The van der Waals surface area contributed by atoms with Crippen molar-refractivity contribution in [2.45, 2.75) is 37.9 Å². The number of nitrogens with zero attached hydrogens (tertiary/aromatic N) is 4. The van der Waals surface area contributed by atoms with Crippen molar-refractivity contribution in [1.29, 1.82) is 0 Å². The molecular weight excluding hydrogens is 466 g/mol. The van der Waals surface area contributed by atoms with E-state index in [1.54, 1.807) is 11.6 Å². The molecule has 0 aliphatic heterocycles. The molecule has 3 rings (SSSR count). The van der Waals surface area contributed by atoms with Gasteiger partial charge in [-0.15, -0.1) is 10.2 Å². The Morgan fingerprint density at radius 1 is 1.21 bits per heavy atom. The number of ether oxygens (including phenoxy) is 1. The summed E-state index contributed by atoms with van der Waals surface area (Å²) < 4.78 is 7.77. The first-order valence-electron chi connectivity index (χ1n) is 10.2. The lowest BCUT2D eigenvalue weighted by Crippen LogP contribution is -2.15. The molecule has 174 valence electrons. The Bertz CT molecular complexity index is 1150. The summed E-state index contributed by atoms with van der Waals surface area (Å²) >= 11 is 7.00. The smallest absolute Gasteiger partial charge is 0.289 e. The first-order valence-corrected chi connectivity index (χ1v) is 11.5. The van der Waals surface area contributed by atoms with Gasteiger partial charge in [0, 0.05) is 18.8 Å². The van der Waals surface area contributed by atoms with Crippen LogP contribution in [-0.4, -0.2) is 31.3 Å². The molecule has 2 aromatic carbocycles. The number of nitro groups is 1. The van der Waals surface area contributed by atoms with E-state index in [2.05, 4.69) is 29.4 Å². The van der Waals surface area contributed by atoms with Gasteiger partial charge in [-0.2, -0.15) is 0 Å². The molecule has 0 bridgehead atoms. The number of rotatable bonds is 9. The summed E-state index contributed by atoms with van der Waals surface area (Å²) in [5.74, 6) is 1.52. The van der Waals surface area contributed by atoms with Crippen LogP contribution in [0.25, 0.3) is 0 Å². The van der Waals surface area contributed by atoms with Crippen LogP contribution in [0.2, 0.25) is 5.02 Å². The summed E-state index contributed by atoms with van der Waals surface area (Å²) in [6.07, 6.45) is -0.342. The largest absolute Gasteiger partial charge is 0.483 e. The number of amides is 1. The van der Waals surface area contributed by atoms with E-state index in [0.29, 0.717) is 22.6 Å². The molecule has 9 nitrogen and oxygen atoms in total. The van der Waals surface area contributed by atoms with Gasteiger partial charge in [-0.3, -0.25) is 14.9 Å². The van der Waals surface area contributed by atoms with E-state index in [9.17, 15) is 14.9 Å². The minimum atomic E-state index is -0.601. The van der Waals surface area contributed by atoms with E-state index in [1.807, 2.05) is 31.2 Å². The van der Waals surface area contributed by atoms with Crippen molar-refractivity contribution >= 4 is 40.6 Å². The van der Waals surface area contributed by atoms with Crippen LogP contribution in [-0.2, 0) is 11.8 Å². The Morgan fingerprint density at radius 3 is 2.55 bits per heavy atom. The van der Waals surface area contributed by atoms with Crippen LogP contribution < -0.4 is 10.1 Å². The van der Waals surface area contributed by atoms with Gasteiger partial charge >= 0.3 is 0 Å². The molecule has 3 aromatic rings. The zero-order valence-corrected chi connectivity index (χ0v) is 20.2. The summed E-state index contributed by atoms with van der Waals surface area (Å²) in [6, 6.07) is 12.0. The molecule has 0 radical (unpaired) electrons. The lowest BCUT2D eigenvalue weighted by molar-refractivity contribution is -0.384. The van der Waals surface area contributed by atoms with Gasteiger partial charge in [-0.25, -0.2) is 0 Å². The molecular formula is C22H24ClN5O4S. The van der Waals surface area contributed by atoms with Crippen molar-refractivity contribution in [3.63, 3.8) is 0 Å². The molecule has 1 heterocycles. The van der Waals surface area contributed by atoms with Crippen molar-refractivity contribution in [2.24, 2.45) is 7.05 Å². The molecule has 1 N–H and O–H groups in total. The van der Waals surface area contributed by atoms with Gasteiger partial charge in [0.2, 0.25) is 5.91 Å². The van der Waals surface area contributed by atoms with E-state index in [4.69, 9.17) is 16.3 Å². The topological polar surface area (TPSA) is 112 Å². The molecule has 1 amide bonds. The number of halogens is 1. The second-order valence-electron chi connectivity index (χ2n) is 7.64. The van der Waals surface area contributed by atoms with Crippen molar-refractivity contribution in [3.8, 4) is 5.75 Å². The lowest BCUT2D eigenvalue weighted by atomic mass is 10.0. The van der Waals surface area contributed by atoms with Crippen LogP contribution in [0.15, 0.2) is 47.6 Å². The highest BCUT2D eigenvalue weighted by atomic mass is 35.5. The fourth-order valence-corrected chi connectivity index (χ4v) is 3.96. The zero-order valence-electron chi connectivity index (χ0n) is 18.6. The maximum Gasteiger partial charge on any atom is 0.289 e. The van der Waals surface area contributed by atoms with Gasteiger partial charge in [0.1, 0.15) is 10.8 Å². The van der Waals surface area contributed by atoms with Crippen LogP contribution in [0.3, 0.4) is 0 Å². The van der Waals surface area contributed by atoms with Crippen LogP contribution >= 0.6 is 23.4 Å². The van der Waals surface area contributed by atoms with Gasteiger partial charge in [0.25, 0.3) is 5.69 Å². The van der Waals surface area contributed by atoms with Crippen molar-refractivity contribution in [3.05, 3.63) is 69.0 Å². The van der Waals surface area contributed by atoms with Crippen molar-refractivity contribution in [1.82, 2.24) is 14.8 Å². The van der Waals surface area contributed by atoms with Crippen molar-refractivity contribution in [2.75, 3.05) is 11.1 Å². The average molecular weight is 490 g/mol. The number of benzene rings is 2. The molecule has 1 aromatic heterocycles. The zero-order chi connectivity index (χ0) is 24.1. The van der Waals surface area contributed by atoms with Gasteiger partial charge in [-0.05, 0) is 42.7 Å². The number of thioether (sulfide) groups is 1. The molecule has 1 atom stereocenters. The number of nitro benzene ring substituents is 1. The predicted molar refractivity (Wildman–Crippen MR) is 128 cm³/mol. The van der Waals surface area contributed by atoms with E-state index in [-0.39, 0.29) is 28.5 Å². The minimum Gasteiger partial charge on any atom is -0.483 e. The second kappa shape index (κ2) is 10.7. The third kappa shape index (κ3) is 6.23. The number of carbonyl (C=O) groups excluding carboxylic acids is 1. The van der Waals surface area contributed by atoms with Crippen LogP contribution in [0.4, 0.5) is 11.4 Å². The highest BCUT2D eigenvalue weighted by molar-refractivity contribution is 7.99. The van der Waals surface area contributed by atoms with Gasteiger partial charge in [0.15, 0.2) is 17.1 Å². The third-order valence-corrected chi connectivity index (χ3v) is 6.19. The number of carbonyl (C=O) groups is 1. The fourth-order valence-electron chi connectivity index (χ4n) is 3.05. The molecule has 0 saturated heterocycles. The molecule has 0 fully saturated rings. The van der Waals surface area contributed by atoms with E-state index < -0.39 is 4.92 Å². The van der Waals surface area contributed by atoms with Gasteiger partial charge in [0.05, 0.1) is 10.7 Å². The van der Waals surface area contributed by atoms with Crippen LogP contribution in [0.1, 0.15) is 44.2 Å². The number of hydrogen-bond donors (Lipinski definition) is 1. The Morgan fingerprint density at radius 2 is 1.91 bits per heavy atom. The SMILES string of the molecule is CC(C)c1ccc(OC(C)c2nnc(SCC(=O)Nc3ccc(Cl)c([N+](=O)[O-])c3)n2C)cc1. The maximum absolute atomic E-state index is 12.3. The second-order valence-corrected chi connectivity index (χ2v) is 8.99.